The number of para-hydroxylation sites is 2. The third kappa shape index (κ3) is 11.3. The van der Waals surface area contributed by atoms with Crippen LogP contribution in [0, 0.1) is 0 Å². The molecule has 55 heavy (non-hydrogen) atoms. The molecule has 0 radical (unpaired) electrons. The maximum atomic E-state index is 11.3. The van der Waals surface area contributed by atoms with E-state index in [1.165, 1.54) is 30.8 Å². The number of rotatable bonds is 16. The van der Waals surface area contributed by atoms with E-state index in [2.05, 4.69) is 111 Å². The molecule has 2 aromatic rings. The lowest BCUT2D eigenvalue weighted by molar-refractivity contribution is -0.438. The molecule has 0 bridgehead atoms. The van der Waals surface area contributed by atoms with Gasteiger partial charge in [-0.2, -0.15) is 13.0 Å². The van der Waals surface area contributed by atoms with E-state index >= 15 is 0 Å². The topological polar surface area (TPSA) is 121 Å². The Labute approximate surface area is 335 Å². The van der Waals surface area contributed by atoms with E-state index in [4.69, 9.17) is 11.6 Å². The van der Waals surface area contributed by atoms with Crippen LogP contribution in [0.2, 0.25) is 0 Å². The molecule has 0 amide bonds. The normalized spacial score (nSPS) is 19.2. The molecule has 9 nitrogen and oxygen atoms in total. The lowest BCUT2D eigenvalue weighted by Crippen LogP contribution is -2.28. The summed E-state index contributed by atoms with van der Waals surface area (Å²) in [6.45, 7) is 20.1. The van der Waals surface area contributed by atoms with Crippen LogP contribution in [0.15, 0.2) is 94.7 Å². The molecule has 12 heteroatoms. The summed E-state index contributed by atoms with van der Waals surface area (Å²) in [7, 11) is -8.24. The molecular weight excluding hydrogens is 754 g/mol. The molecule has 0 spiro atoms. The van der Waals surface area contributed by atoms with E-state index in [1.807, 2.05) is 24.3 Å². The third-order valence-electron chi connectivity index (χ3n) is 11.1. The van der Waals surface area contributed by atoms with E-state index in [0.29, 0.717) is 38.8 Å². The van der Waals surface area contributed by atoms with Crippen LogP contribution in [0.1, 0.15) is 98.1 Å². The fourth-order valence-electron chi connectivity index (χ4n) is 7.90. The predicted molar refractivity (Wildman–Crippen MR) is 226 cm³/mol. The Hall–Kier alpha value is -3.06. The molecule has 2 heterocycles. The number of fused-ring (bicyclic) bond motifs is 2. The average Bonchev–Trinajstić information content (AvgIpc) is 3.66. The van der Waals surface area contributed by atoms with Gasteiger partial charge in [0.25, 0.3) is 10.1 Å². The number of halogens is 1. The highest BCUT2D eigenvalue weighted by Crippen LogP contribution is 2.48. The van der Waals surface area contributed by atoms with Gasteiger partial charge in [-0.25, -0.2) is 8.42 Å². The Balaban J connectivity index is 0.000000876. The average molecular weight is 815 g/mol. The van der Waals surface area contributed by atoms with E-state index in [-0.39, 0.29) is 22.3 Å². The minimum Gasteiger partial charge on any atom is -0.748 e. The molecule has 0 unspecified atom stereocenters. The van der Waals surface area contributed by atoms with Crippen molar-refractivity contribution in [3.63, 3.8) is 0 Å². The van der Waals surface area contributed by atoms with Crippen LogP contribution in [0.4, 0.5) is 11.4 Å². The number of benzene rings is 2. The highest BCUT2D eigenvalue weighted by Gasteiger charge is 2.44. The summed E-state index contributed by atoms with van der Waals surface area (Å²) in [5.74, 6) is -0.614. The second-order valence-corrected chi connectivity index (χ2v) is 18.9. The molecule has 1 N–H and O–H groups in total. The highest BCUT2D eigenvalue weighted by atomic mass is 35.5. The van der Waals surface area contributed by atoms with Crippen molar-refractivity contribution in [3.05, 3.63) is 106 Å². The van der Waals surface area contributed by atoms with Crippen molar-refractivity contribution in [3.8, 4) is 0 Å². The van der Waals surface area contributed by atoms with Crippen LogP contribution in [0.25, 0.3) is 0 Å². The lowest BCUT2D eigenvalue weighted by Gasteiger charge is -2.27. The zero-order valence-electron chi connectivity index (χ0n) is 33.6. The van der Waals surface area contributed by atoms with Gasteiger partial charge in [0.2, 0.25) is 5.69 Å². The minimum absolute atomic E-state index is 0.252. The number of anilines is 1. The number of nitrogens with zero attached hydrogens (tertiary/aromatic N) is 3. The molecule has 0 fully saturated rings. The quantitative estimate of drug-likeness (QED) is 0.101. The molecule has 0 saturated heterocycles. The number of hydrogen-bond donors (Lipinski definition) is 1. The maximum absolute atomic E-state index is 11.3. The van der Waals surface area contributed by atoms with Crippen LogP contribution < -0.4 is 4.90 Å². The van der Waals surface area contributed by atoms with Crippen molar-refractivity contribution >= 4 is 48.9 Å². The minimum atomic E-state index is -4.24. The van der Waals surface area contributed by atoms with E-state index in [9.17, 15) is 25.9 Å². The van der Waals surface area contributed by atoms with Gasteiger partial charge in [0, 0.05) is 58.3 Å². The summed E-state index contributed by atoms with van der Waals surface area (Å²) in [5, 5.41) is 0.734. The first kappa shape index (κ1) is 44.7. The number of unbranched alkanes of at least 4 members (excludes halogenated alkanes) is 2. The van der Waals surface area contributed by atoms with E-state index in [1.54, 1.807) is 0 Å². The van der Waals surface area contributed by atoms with Crippen molar-refractivity contribution in [1.82, 2.24) is 4.90 Å². The largest absolute Gasteiger partial charge is 0.748 e. The van der Waals surface area contributed by atoms with Gasteiger partial charge in [-0.05, 0) is 94.4 Å². The van der Waals surface area contributed by atoms with Crippen LogP contribution in [-0.4, -0.2) is 85.4 Å². The van der Waals surface area contributed by atoms with Gasteiger partial charge < -0.3 is 14.4 Å². The summed E-state index contributed by atoms with van der Waals surface area (Å²) < 4.78 is 67.5. The number of hydrogen-bond acceptors (Lipinski definition) is 7. The number of allylic oxidation sites excluding steroid dienone is 8. The Kier molecular flexibility index (Phi) is 15.4. The first-order valence-electron chi connectivity index (χ1n) is 19.6. The van der Waals surface area contributed by atoms with Crippen molar-refractivity contribution < 1.29 is 30.5 Å². The molecule has 2 aromatic carbocycles. The molecule has 0 aromatic heterocycles. The second-order valence-electron chi connectivity index (χ2n) is 15.5. The van der Waals surface area contributed by atoms with Gasteiger partial charge in [-0.1, -0.05) is 94.8 Å². The first-order chi connectivity index (χ1) is 25.9. The van der Waals surface area contributed by atoms with Gasteiger partial charge in [0.15, 0.2) is 5.71 Å². The molecule has 5 rings (SSSR count). The molecule has 3 aliphatic rings. The van der Waals surface area contributed by atoms with Gasteiger partial charge in [-0.3, -0.25) is 4.55 Å². The summed E-state index contributed by atoms with van der Waals surface area (Å²) in [4.78, 5) is 4.61. The maximum Gasteiger partial charge on any atom is 0.264 e. The summed E-state index contributed by atoms with van der Waals surface area (Å²) >= 11 is 7.03. The van der Waals surface area contributed by atoms with Crippen molar-refractivity contribution in [2.24, 2.45) is 0 Å². The van der Waals surface area contributed by atoms with Gasteiger partial charge >= 0.3 is 0 Å². The van der Waals surface area contributed by atoms with E-state index in [0.717, 1.165) is 51.8 Å². The first-order valence-corrected chi connectivity index (χ1v) is 23.1. The molecule has 302 valence electrons. The zero-order chi connectivity index (χ0) is 40.6. The summed E-state index contributed by atoms with van der Waals surface area (Å²) in [6.07, 6.45) is 12.0. The standard InChI is InChI=1S/C37H45ClN2O6S2.C6H15N/c1-36(2)29-13-5-7-15-31(29)39(23-9-11-25-47(41,42)43)33(36)21-19-27-17-18-28(35(27)38)20-22-34-37(3,4)30-14-6-8-16-32(30)40(34)24-10-12-26-48(44,45)46;1-4-7(5-2)6-3/h5-8,13-16,19-22H,9-12,17-18,23-26H2,1-4H3,(H-,41,42,43,44,45,46);4-6H2,1-3H3. The van der Waals surface area contributed by atoms with Crippen LogP contribution in [0.5, 0.6) is 0 Å². The van der Waals surface area contributed by atoms with Crippen LogP contribution in [0.3, 0.4) is 0 Å². The van der Waals surface area contributed by atoms with Crippen molar-refractivity contribution in [1.29, 1.82) is 0 Å². The van der Waals surface area contributed by atoms with Gasteiger partial charge in [0.05, 0.1) is 21.3 Å². The van der Waals surface area contributed by atoms with Crippen LogP contribution >= 0.6 is 11.6 Å². The Morgan fingerprint density at radius 2 is 1.44 bits per heavy atom. The SMILES string of the molecule is CC1(C)C(/C=C\C2=C(Cl)C(=C/C=C3/N(CCCCS(=O)(=O)[O-])c4ccccc4C3(C)C)/CC2)=[N+](CCCCS(=O)(=O)O)c2ccccc21.CCN(CC)CC. The fourth-order valence-corrected chi connectivity index (χ4v) is 9.35. The Morgan fingerprint density at radius 1 is 0.818 bits per heavy atom. The Bertz CT molecular complexity index is 2050. The monoisotopic (exact) mass is 813 g/mol. The zero-order valence-corrected chi connectivity index (χ0v) is 36.0. The molecule has 0 saturated carbocycles. The fraction of sp³-hybridized carbons (Fsp3) is 0.512. The third-order valence-corrected chi connectivity index (χ3v) is 13.2. The Morgan fingerprint density at radius 3 is 2.05 bits per heavy atom. The molecule has 1 aliphatic carbocycles. The lowest BCUT2D eigenvalue weighted by atomic mass is 9.81. The summed E-state index contributed by atoms with van der Waals surface area (Å²) in [6, 6.07) is 16.5. The predicted octanol–water partition coefficient (Wildman–Crippen LogP) is 8.86. The van der Waals surface area contributed by atoms with Crippen LogP contribution in [-0.2, 0) is 31.1 Å². The second kappa shape index (κ2) is 18.9. The van der Waals surface area contributed by atoms with Crippen molar-refractivity contribution in [2.75, 3.05) is 49.1 Å². The van der Waals surface area contributed by atoms with Crippen molar-refractivity contribution in [2.45, 2.75) is 97.8 Å². The van der Waals surface area contributed by atoms with Gasteiger partial charge in [0.1, 0.15) is 6.54 Å². The molecular formula is C43H60ClN3O6S2. The smallest absolute Gasteiger partial charge is 0.264 e. The molecule has 2 aliphatic heterocycles. The highest BCUT2D eigenvalue weighted by molar-refractivity contribution is 7.85. The van der Waals surface area contributed by atoms with Gasteiger partial charge in [-0.15, -0.1) is 0 Å². The molecule has 0 atom stereocenters. The summed E-state index contributed by atoms with van der Waals surface area (Å²) in [5.41, 5.74) is 8.36. The van der Waals surface area contributed by atoms with E-state index < -0.39 is 20.2 Å².